The van der Waals surface area contributed by atoms with Gasteiger partial charge in [0.1, 0.15) is 0 Å². The minimum Gasteiger partial charge on any atom is -0.148 e. The van der Waals surface area contributed by atoms with Gasteiger partial charge in [-0.1, -0.05) is 13.8 Å². The van der Waals surface area contributed by atoms with Crippen molar-refractivity contribution in [1.82, 2.24) is 0 Å². The van der Waals surface area contributed by atoms with Gasteiger partial charge in [0.2, 0.25) is 0 Å². The molecule has 0 aliphatic rings. The van der Waals surface area contributed by atoms with Crippen molar-refractivity contribution in [2.45, 2.75) is 33.6 Å². The lowest BCUT2D eigenvalue weighted by Gasteiger charge is -1.97. The summed E-state index contributed by atoms with van der Waals surface area (Å²) in [6.07, 6.45) is 2.39. The van der Waals surface area contributed by atoms with Crippen LogP contribution in [0.4, 0.5) is 0 Å². The molecule has 0 N–H and O–H groups in total. The first kappa shape index (κ1) is 7.80. The highest BCUT2D eigenvalue weighted by Gasteiger charge is 2.03. The topological polar surface area (TPSA) is 0 Å². The van der Waals surface area contributed by atoms with Crippen LogP contribution in [0.15, 0.2) is 5.38 Å². The normalized spacial score (nSPS) is 10.3. The summed E-state index contributed by atoms with van der Waals surface area (Å²) in [7, 11) is 0. The van der Waals surface area contributed by atoms with Crippen LogP contribution in [0.5, 0.6) is 0 Å². The molecule has 0 nitrogen and oxygen atoms in total. The number of hydrogen-bond acceptors (Lipinski definition) is 1. The largest absolute Gasteiger partial charge is 0.148 e. The van der Waals surface area contributed by atoms with E-state index in [-0.39, 0.29) is 0 Å². The third-order valence-electron chi connectivity index (χ3n) is 1.87. The third-order valence-corrected chi connectivity index (χ3v) is 3.16. The molecule has 0 atom stereocenters. The number of thiophene rings is 1. The highest BCUT2D eigenvalue weighted by atomic mass is 32.1. The van der Waals surface area contributed by atoms with Crippen molar-refractivity contribution in [3.05, 3.63) is 21.4 Å². The molecule has 0 saturated heterocycles. The SMILES string of the molecule is CCc1scc(C)c1CC. The van der Waals surface area contributed by atoms with E-state index in [0.29, 0.717) is 0 Å². The van der Waals surface area contributed by atoms with Gasteiger partial charge in [-0.15, -0.1) is 11.3 Å². The molecule has 0 saturated carbocycles. The van der Waals surface area contributed by atoms with Gasteiger partial charge in [-0.2, -0.15) is 0 Å². The smallest absolute Gasteiger partial charge is 0.00771 e. The molecule has 0 unspecified atom stereocenters. The van der Waals surface area contributed by atoms with Gasteiger partial charge < -0.3 is 0 Å². The van der Waals surface area contributed by atoms with Crippen LogP contribution in [0.25, 0.3) is 0 Å². The average molecular weight is 154 g/mol. The number of hydrogen-bond donors (Lipinski definition) is 0. The molecular formula is C9H14S. The van der Waals surface area contributed by atoms with Crippen LogP contribution < -0.4 is 0 Å². The Morgan fingerprint density at radius 2 is 2.00 bits per heavy atom. The van der Waals surface area contributed by atoms with E-state index >= 15 is 0 Å². The fraction of sp³-hybridized carbons (Fsp3) is 0.556. The summed E-state index contributed by atoms with van der Waals surface area (Å²) in [4.78, 5) is 1.57. The maximum atomic E-state index is 2.26. The van der Waals surface area contributed by atoms with E-state index in [4.69, 9.17) is 0 Å². The van der Waals surface area contributed by atoms with Gasteiger partial charge in [-0.05, 0) is 36.3 Å². The predicted molar refractivity (Wildman–Crippen MR) is 47.8 cm³/mol. The zero-order chi connectivity index (χ0) is 7.56. The summed E-state index contributed by atoms with van der Waals surface area (Å²) in [5, 5.41) is 2.26. The van der Waals surface area contributed by atoms with Crippen molar-refractivity contribution in [2.75, 3.05) is 0 Å². The van der Waals surface area contributed by atoms with E-state index in [2.05, 4.69) is 26.2 Å². The summed E-state index contributed by atoms with van der Waals surface area (Å²) in [6.45, 7) is 6.66. The maximum absolute atomic E-state index is 2.26. The molecular weight excluding hydrogens is 140 g/mol. The number of rotatable bonds is 2. The minimum atomic E-state index is 1.19. The van der Waals surface area contributed by atoms with Crippen LogP contribution >= 0.6 is 11.3 Å². The van der Waals surface area contributed by atoms with Crippen molar-refractivity contribution < 1.29 is 0 Å². The zero-order valence-corrected chi connectivity index (χ0v) is 7.72. The first-order valence-corrected chi connectivity index (χ1v) is 4.73. The van der Waals surface area contributed by atoms with Gasteiger partial charge in [0.15, 0.2) is 0 Å². The van der Waals surface area contributed by atoms with Crippen LogP contribution in [0.2, 0.25) is 0 Å². The second-order valence-corrected chi connectivity index (χ2v) is 3.49. The Kier molecular flexibility index (Phi) is 2.50. The molecule has 0 amide bonds. The highest BCUT2D eigenvalue weighted by molar-refractivity contribution is 7.10. The lowest BCUT2D eigenvalue weighted by molar-refractivity contribution is 1.06. The van der Waals surface area contributed by atoms with Gasteiger partial charge in [-0.25, -0.2) is 0 Å². The molecule has 1 heteroatoms. The van der Waals surface area contributed by atoms with Crippen molar-refractivity contribution in [2.24, 2.45) is 0 Å². The zero-order valence-electron chi connectivity index (χ0n) is 6.90. The molecule has 0 bridgehead atoms. The predicted octanol–water partition coefficient (Wildman–Crippen LogP) is 3.18. The molecule has 0 aliphatic heterocycles. The first-order valence-electron chi connectivity index (χ1n) is 3.85. The van der Waals surface area contributed by atoms with E-state index in [1.165, 1.54) is 18.4 Å². The van der Waals surface area contributed by atoms with Crippen LogP contribution in [-0.4, -0.2) is 0 Å². The molecule has 0 radical (unpaired) electrons. The Labute approximate surface area is 66.9 Å². The standard InChI is InChI=1S/C9H14S/c1-4-8-7(3)6-10-9(8)5-2/h6H,4-5H2,1-3H3. The molecule has 1 aromatic heterocycles. The van der Waals surface area contributed by atoms with Crippen LogP contribution in [0.3, 0.4) is 0 Å². The lowest BCUT2D eigenvalue weighted by Crippen LogP contribution is -1.84. The number of aryl methyl sites for hydroxylation is 2. The van der Waals surface area contributed by atoms with E-state index in [0.717, 1.165) is 0 Å². The van der Waals surface area contributed by atoms with Crippen LogP contribution in [0, 0.1) is 6.92 Å². The molecule has 0 aromatic carbocycles. The Hall–Kier alpha value is -0.300. The quantitative estimate of drug-likeness (QED) is 0.613. The van der Waals surface area contributed by atoms with Gasteiger partial charge in [-0.3, -0.25) is 0 Å². The van der Waals surface area contributed by atoms with Gasteiger partial charge in [0, 0.05) is 4.88 Å². The third kappa shape index (κ3) is 1.24. The Bertz CT molecular complexity index is 211. The first-order chi connectivity index (χ1) is 4.79. The Morgan fingerprint density at radius 1 is 1.30 bits per heavy atom. The molecule has 56 valence electrons. The average Bonchev–Trinajstić information content (AvgIpc) is 2.30. The highest BCUT2D eigenvalue weighted by Crippen LogP contribution is 2.22. The van der Waals surface area contributed by atoms with Crippen molar-refractivity contribution in [3.8, 4) is 0 Å². The Morgan fingerprint density at radius 3 is 2.40 bits per heavy atom. The van der Waals surface area contributed by atoms with Crippen LogP contribution in [0.1, 0.15) is 29.9 Å². The fourth-order valence-electron chi connectivity index (χ4n) is 1.29. The van der Waals surface area contributed by atoms with Crippen molar-refractivity contribution in [3.63, 3.8) is 0 Å². The minimum absolute atomic E-state index is 1.19. The van der Waals surface area contributed by atoms with E-state index in [1.807, 2.05) is 11.3 Å². The summed E-state index contributed by atoms with van der Waals surface area (Å²) < 4.78 is 0. The molecule has 0 spiro atoms. The summed E-state index contributed by atoms with van der Waals surface area (Å²) in [6, 6.07) is 0. The molecule has 1 heterocycles. The second-order valence-electron chi connectivity index (χ2n) is 2.53. The summed E-state index contributed by atoms with van der Waals surface area (Å²) >= 11 is 1.90. The molecule has 1 aromatic rings. The lowest BCUT2D eigenvalue weighted by atomic mass is 10.1. The molecule has 0 fully saturated rings. The van der Waals surface area contributed by atoms with Gasteiger partial charge in [0.05, 0.1) is 0 Å². The Balaban J connectivity index is 3.01. The molecule has 10 heavy (non-hydrogen) atoms. The monoisotopic (exact) mass is 154 g/mol. The fourth-order valence-corrected chi connectivity index (χ4v) is 2.37. The van der Waals surface area contributed by atoms with E-state index in [9.17, 15) is 0 Å². The van der Waals surface area contributed by atoms with Crippen LogP contribution in [-0.2, 0) is 12.8 Å². The molecule has 0 aliphatic carbocycles. The summed E-state index contributed by atoms with van der Waals surface area (Å²) in [5.74, 6) is 0. The summed E-state index contributed by atoms with van der Waals surface area (Å²) in [5.41, 5.74) is 3.05. The maximum Gasteiger partial charge on any atom is 0.00771 e. The van der Waals surface area contributed by atoms with E-state index in [1.54, 1.807) is 10.4 Å². The second kappa shape index (κ2) is 3.20. The van der Waals surface area contributed by atoms with E-state index < -0.39 is 0 Å². The van der Waals surface area contributed by atoms with Crippen molar-refractivity contribution >= 4 is 11.3 Å². The van der Waals surface area contributed by atoms with Gasteiger partial charge >= 0.3 is 0 Å². The van der Waals surface area contributed by atoms with Gasteiger partial charge in [0.25, 0.3) is 0 Å². The van der Waals surface area contributed by atoms with Crippen molar-refractivity contribution in [1.29, 1.82) is 0 Å². The molecule has 1 rings (SSSR count).